The molecule has 2 N–H and O–H groups in total. The van der Waals surface area contributed by atoms with Crippen LogP contribution in [0.3, 0.4) is 0 Å². The van der Waals surface area contributed by atoms with Crippen molar-refractivity contribution >= 4 is 27.5 Å². The lowest BCUT2D eigenvalue weighted by Gasteiger charge is -2.23. The first-order chi connectivity index (χ1) is 10.0. The van der Waals surface area contributed by atoms with Gasteiger partial charge in [-0.2, -0.15) is 0 Å². The second-order valence-electron chi connectivity index (χ2n) is 5.83. The zero-order valence-corrected chi connectivity index (χ0v) is 13.7. The van der Waals surface area contributed by atoms with Crippen LogP contribution in [0.25, 0.3) is 10.2 Å². The smallest absolute Gasteiger partial charge is 0.227 e. The van der Waals surface area contributed by atoms with Gasteiger partial charge in [-0.1, -0.05) is 26.0 Å². The van der Waals surface area contributed by atoms with E-state index in [-0.39, 0.29) is 11.8 Å². The molecular formula is C16H23N3OS. The first-order valence-corrected chi connectivity index (χ1v) is 8.12. The van der Waals surface area contributed by atoms with E-state index in [1.165, 1.54) is 0 Å². The van der Waals surface area contributed by atoms with Gasteiger partial charge in [0.2, 0.25) is 5.91 Å². The van der Waals surface area contributed by atoms with Gasteiger partial charge in [-0.15, -0.1) is 11.3 Å². The maximum Gasteiger partial charge on any atom is 0.227 e. The molecule has 0 saturated carbocycles. The lowest BCUT2D eigenvalue weighted by Crippen LogP contribution is -2.36. The highest BCUT2D eigenvalue weighted by Crippen LogP contribution is 2.23. The molecule has 0 saturated heterocycles. The lowest BCUT2D eigenvalue weighted by molar-refractivity contribution is -0.134. The van der Waals surface area contributed by atoms with Gasteiger partial charge in [0.1, 0.15) is 5.01 Å². The van der Waals surface area contributed by atoms with E-state index < -0.39 is 0 Å². The molecule has 0 fully saturated rings. The minimum Gasteiger partial charge on any atom is -0.339 e. The van der Waals surface area contributed by atoms with Gasteiger partial charge in [0.05, 0.1) is 22.7 Å². The van der Waals surface area contributed by atoms with E-state index in [9.17, 15) is 4.79 Å². The second-order valence-corrected chi connectivity index (χ2v) is 6.95. The van der Waals surface area contributed by atoms with Crippen molar-refractivity contribution in [2.75, 3.05) is 13.6 Å². The van der Waals surface area contributed by atoms with E-state index >= 15 is 0 Å². The summed E-state index contributed by atoms with van der Waals surface area (Å²) in [6.45, 7) is 5.18. The fraction of sp³-hybridized carbons (Fsp3) is 0.500. The number of carbonyl (C=O) groups excluding carboxylic acids is 1. The van der Waals surface area contributed by atoms with Crippen molar-refractivity contribution in [2.24, 2.45) is 17.6 Å². The van der Waals surface area contributed by atoms with Gasteiger partial charge in [-0.3, -0.25) is 4.79 Å². The molecule has 114 valence electrons. The standard InChI is InChI=1S/C16H23N3OS/c1-11(2)8-12(9-17)16(20)19(3)10-15-18-13-6-4-5-7-14(13)21-15/h4-7,11-12H,8-10,17H2,1-3H3. The van der Waals surface area contributed by atoms with Gasteiger partial charge in [-0.25, -0.2) is 4.98 Å². The predicted octanol–water partition coefficient (Wildman–Crippen LogP) is 2.88. The highest BCUT2D eigenvalue weighted by atomic mass is 32.1. The summed E-state index contributed by atoms with van der Waals surface area (Å²) < 4.78 is 1.16. The second kappa shape index (κ2) is 7.00. The van der Waals surface area contributed by atoms with Crippen LogP contribution in [0.5, 0.6) is 0 Å². The summed E-state index contributed by atoms with van der Waals surface area (Å²) in [4.78, 5) is 18.8. The molecule has 0 spiro atoms. The first kappa shape index (κ1) is 15.9. The number of hydrogen-bond donors (Lipinski definition) is 1. The number of nitrogens with zero attached hydrogens (tertiary/aromatic N) is 2. The quantitative estimate of drug-likeness (QED) is 0.892. The van der Waals surface area contributed by atoms with Crippen molar-refractivity contribution < 1.29 is 4.79 Å². The Balaban J connectivity index is 2.05. The van der Waals surface area contributed by atoms with Crippen LogP contribution in [0.1, 0.15) is 25.3 Å². The van der Waals surface area contributed by atoms with Crippen molar-refractivity contribution in [1.29, 1.82) is 0 Å². The Bertz CT molecular complexity index is 575. The lowest BCUT2D eigenvalue weighted by atomic mass is 9.96. The molecule has 4 nitrogen and oxygen atoms in total. The molecule has 5 heteroatoms. The van der Waals surface area contributed by atoms with Gasteiger partial charge in [0.15, 0.2) is 0 Å². The van der Waals surface area contributed by atoms with E-state index in [2.05, 4.69) is 24.9 Å². The van der Waals surface area contributed by atoms with Crippen molar-refractivity contribution in [3.05, 3.63) is 29.3 Å². The Morgan fingerprint density at radius 1 is 1.38 bits per heavy atom. The first-order valence-electron chi connectivity index (χ1n) is 7.30. The van der Waals surface area contributed by atoms with Crippen LogP contribution < -0.4 is 5.73 Å². The molecular weight excluding hydrogens is 282 g/mol. The minimum atomic E-state index is -0.0932. The van der Waals surface area contributed by atoms with Gasteiger partial charge in [0.25, 0.3) is 0 Å². The molecule has 0 bridgehead atoms. The molecule has 1 aromatic heterocycles. The molecule has 21 heavy (non-hydrogen) atoms. The van der Waals surface area contributed by atoms with Crippen LogP contribution in [0.2, 0.25) is 0 Å². The number of para-hydroxylation sites is 1. The molecule has 1 heterocycles. The van der Waals surface area contributed by atoms with E-state index in [1.54, 1.807) is 16.2 Å². The van der Waals surface area contributed by atoms with Crippen LogP contribution in [0.15, 0.2) is 24.3 Å². The van der Waals surface area contributed by atoms with E-state index in [0.717, 1.165) is 21.6 Å². The van der Waals surface area contributed by atoms with E-state index in [0.29, 0.717) is 19.0 Å². The number of hydrogen-bond acceptors (Lipinski definition) is 4. The van der Waals surface area contributed by atoms with Crippen molar-refractivity contribution in [3.8, 4) is 0 Å². The summed E-state index contributed by atoms with van der Waals surface area (Å²) in [5.74, 6) is 0.494. The van der Waals surface area contributed by atoms with Gasteiger partial charge >= 0.3 is 0 Å². The molecule has 0 radical (unpaired) electrons. The fourth-order valence-corrected chi connectivity index (χ4v) is 3.47. The third-order valence-electron chi connectivity index (χ3n) is 3.48. The molecule has 0 aliphatic carbocycles. The SMILES string of the molecule is CC(C)CC(CN)C(=O)N(C)Cc1nc2ccccc2s1. The van der Waals surface area contributed by atoms with Crippen LogP contribution >= 0.6 is 11.3 Å². The number of aromatic nitrogens is 1. The van der Waals surface area contributed by atoms with Gasteiger partial charge < -0.3 is 10.6 Å². The minimum absolute atomic E-state index is 0.0932. The maximum atomic E-state index is 12.5. The van der Waals surface area contributed by atoms with Crippen molar-refractivity contribution in [2.45, 2.75) is 26.8 Å². The number of rotatable bonds is 6. The number of carbonyl (C=O) groups is 1. The third kappa shape index (κ3) is 4.02. The molecule has 2 aromatic rings. The summed E-state index contributed by atoms with van der Waals surface area (Å²) in [6.07, 6.45) is 0.833. The highest BCUT2D eigenvalue weighted by Gasteiger charge is 2.22. The maximum absolute atomic E-state index is 12.5. The third-order valence-corrected chi connectivity index (χ3v) is 4.50. The molecule has 1 atom stereocenters. The summed E-state index contributed by atoms with van der Waals surface area (Å²) in [7, 11) is 1.83. The number of nitrogens with two attached hydrogens (primary N) is 1. The van der Waals surface area contributed by atoms with Crippen LogP contribution in [-0.4, -0.2) is 29.4 Å². The normalized spacial score (nSPS) is 12.8. The van der Waals surface area contributed by atoms with Crippen LogP contribution in [-0.2, 0) is 11.3 Å². The number of benzene rings is 1. The number of thiazole rings is 1. The highest BCUT2D eigenvalue weighted by molar-refractivity contribution is 7.18. The fourth-order valence-electron chi connectivity index (χ4n) is 2.45. The Labute approximate surface area is 130 Å². The molecule has 0 aliphatic rings. The van der Waals surface area contributed by atoms with Gasteiger partial charge in [-0.05, 0) is 24.5 Å². The number of amides is 1. The molecule has 1 aromatic carbocycles. The van der Waals surface area contributed by atoms with E-state index in [4.69, 9.17) is 5.73 Å². The summed E-state index contributed by atoms with van der Waals surface area (Å²) in [5, 5.41) is 0.965. The molecule has 1 unspecified atom stereocenters. The van der Waals surface area contributed by atoms with E-state index in [1.807, 2.05) is 25.2 Å². The van der Waals surface area contributed by atoms with Crippen LogP contribution in [0, 0.1) is 11.8 Å². The Morgan fingerprint density at radius 3 is 2.71 bits per heavy atom. The predicted molar refractivity (Wildman–Crippen MR) is 88.1 cm³/mol. The Hall–Kier alpha value is -1.46. The molecule has 0 aliphatic heterocycles. The zero-order valence-electron chi connectivity index (χ0n) is 12.9. The Morgan fingerprint density at radius 2 is 2.10 bits per heavy atom. The Kier molecular flexibility index (Phi) is 5.31. The van der Waals surface area contributed by atoms with Crippen molar-refractivity contribution in [1.82, 2.24) is 9.88 Å². The van der Waals surface area contributed by atoms with Crippen molar-refractivity contribution in [3.63, 3.8) is 0 Å². The zero-order chi connectivity index (χ0) is 15.4. The largest absolute Gasteiger partial charge is 0.339 e. The topological polar surface area (TPSA) is 59.2 Å². The monoisotopic (exact) mass is 305 g/mol. The van der Waals surface area contributed by atoms with Gasteiger partial charge in [0, 0.05) is 13.6 Å². The molecule has 2 rings (SSSR count). The summed E-state index contributed by atoms with van der Waals surface area (Å²) in [5.41, 5.74) is 6.75. The average Bonchev–Trinajstić information content (AvgIpc) is 2.85. The summed E-state index contributed by atoms with van der Waals surface area (Å²) >= 11 is 1.64. The van der Waals surface area contributed by atoms with Crippen LogP contribution in [0.4, 0.5) is 0 Å². The number of fused-ring (bicyclic) bond motifs is 1. The molecule has 1 amide bonds. The summed E-state index contributed by atoms with van der Waals surface area (Å²) in [6, 6.07) is 8.04. The average molecular weight is 305 g/mol.